The second kappa shape index (κ2) is 19.2. The van der Waals surface area contributed by atoms with Gasteiger partial charge in [0, 0.05) is 33.3 Å². The quantitative estimate of drug-likeness (QED) is 0.147. The molecule has 0 atom stereocenters. The summed E-state index contributed by atoms with van der Waals surface area (Å²) in [5.74, 6) is 0. The summed E-state index contributed by atoms with van der Waals surface area (Å²) in [6.45, 7) is 9.59. The number of anilines is 6. The van der Waals surface area contributed by atoms with Crippen LogP contribution in [0.25, 0.3) is 98.7 Å². The molecule has 0 bridgehead atoms. The number of hydrogen-bond acceptors (Lipinski definition) is 2. The zero-order valence-electron chi connectivity index (χ0n) is 47.6. The monoisotopic (exact) mass is 1070 g/mol. The van der Waals surface area contributed by atoms with Crippen molar-refractivity contribution in [2.45, 2.75) is 38.5 Å². The molecule has 0 aliphatic carbocycles. The standard InChI is InChI=1S/C82H60N2/c1-81(2)71-45-17-19-49-75(71)83(55-31-13-7-14-32-55)79-65(43-25-47-73(79)81)59-37-23-41-63-69(59)52-70-60(66-44-26-48-74-80(66)84(56-33-15-8-16-34-56)76-50-20-18-46-72(76)82(74,3)4)38-24-42-64(70)78(63)77-61-39-21-35-57(53-27-9-5-10-28-53)67(61)51-68-58(36-22-40-62(68)77)54-29-11-6-12-30-54/h5-52H,1-4H3. The Morgan fingerprint density at radius 1 is 0.226 bits per heavy atom. The number of para-hydroxylation sites is 6. The van der Waals surface area contributed by atoms with E-state index in [2.05, 4.69) is 329 Å². The van der Waals surface area contributed by atoms with E-state index < -0.39 is 0 Å². The Bertz CT molecular complexity index is 4640. The molecule has 0 aromatic heterocycles. The highest BCUT2D eigenvalue weighted by Crippen LogP contribution is 2.59. The zero-order chi connectivity index (χ0) is 56.3. The molecule has 14 aromatic carbocycles. The topological polar surface area (TPSA) is 6.48 Å². The van der Waals surface area contributed by atoms with Gasteiger partial charge in [0.2, 0.25) is 0 Å². The average molecular weight is 1070 g/mol. The lowest BCUT2D eigenvalue weighted by Crippen LogP contribution is -2.31. The Hall–Kier alpha value is -10.3. The van der Waals surface area contributed by atoms with Gasteiger partial charge in [0.15, 0.2) is 0 Å². The van der Waals surface area contributed by atoms with E-state index in [-0.39, 0.29) is 10.8 Å². The van der Waals surface area contributed by atoms with Crippen LogP contribution in [0.1, 0.15) is 49.9 Å². The third-order valence-corrected chi connectivity index (χ3v) is 18.6. The van der Waals surface area contributed by atoms with Gasteiger partial charge < -0.3 is 9.80 Å². The van der Waals surface area contributed by atoms with Crippen molar-refractivity contribution in [2.24, 2.45) is 0 Å². The minimum absolute atomic E-state index is 0.291. The van der Waals surface area contributed by atoms with Crippen LogP contribution in [-0.4, -0.2) is 0 Å². The van der Waals surface area contributed by atoms with Gasteiger partial charge in [0.05, 0.1) is 22.7 Å². The van der Waals surface area contributed by atoms with Crippen LogP contribution in [0.3, 0.4) is 0 Å². The third-order valence-electron chi connectivity index (χ3n) is 18.6. The van der Waals surface area contributed by atoms with Crippen LogP contribution in [0.2, 0.25) is 0 Å². The van der Waals surface area contributed by atoms with Gasteiger partial charge >= 0.3 is 0 Å². The Morgan fingerprint density at radius 3 is 0.893 bits per heavy atom. The van der Waals surface area contributed by atoms with Crippen molar-refractivity contribution in [1.29, 1.82) is 0 Å². The number of nitrogens with zero attached hydrogens (tertiary/aromatic N) is 2. The zero-order valence-corrected chi connectivity index (χ0v) is 47.6. The molecule has 16 rings (SSSR count). The minimum Gasteiger partial charge on any atom is -0.309 e. The van der Waals surface area contributed by atoms with E-state index in [0.29, 0.717) is 0 Å². The molecule has 0 fully saturated rings. The molecular formula is C82H60N2. The lowest BCUT2D eigenvalue weighted by molar-refractivity contribution is 0.632. The summed E-state index contributed by atoms with van der Waals surface area (Å²) in [5.41, 5.74) is 23.8. The Balaban J connectivity index is 1.08. The number of benzene rings is 14. The predicted octanol–water partition coefficient (Wildman–Crippen LogP) is 22.9. The maximum Gasteiger partial charge on any atom is 0.0581 e. The first-order valence-electron chi connectivity index (χ1n) is 29.5. The van der Waals surface area contributed by atoms with Crippen LogP contribution in [0, 0.1) is 0 Å². The third kappa shape index (κ3) is 7.43. The van der Waals surface area contributed by atoms with Gasteiger partial charge in [-0.15, -0.1) is 0 Å². The molecule has 0 radical (unpaired) electrons. The summed E-state index contributed by atoms with van der Waals surface area (Å²) in [5, 5.41) is 9.69. The Labute approximate surface area is 491 Å². The fourth-order valence-corrected chi connectivity index (χ4v) is 14.7. The molecule has 0 spiro atoms. The second-order valence-corrected chi connectivity index (χ2v) is 23.9. The molecule has 0 unspecified atom stereocenters. The van der Waals surface area contributed by atoms with Crippen molar-refractivity contribution in [1.82, 2.24) is 0 Å². The van der Waals surface area contributed by atoms with Crippen molar-refractivity contribution in [2.75, 3.05) is 9.80 Å². The van der Waals surface area contributed by atoms with E-state index in [1.807, 2.05) is 0 Å². The molecule has 0 N–H and O–H groups in total. The fraction of sp³-hybridized carbons (Fsp3) is 0.0732. The van der Waals surface area contributed by atoms with Crippen LogP contribution in [0.5, 0.6) is 0 Å². The van der Waals surface area contributed by atoms with E-state index in [1.54, 1.807) is 0 Å². The van der Waals surface area contributed by atoms with Gasteiger partial charge in [-0.3, -0.25) is 0 Å². The van der Waals surface area contributed by atoms with Gasteiger partial charge in [-0.1, -0.05) is 270 Å². The summed E-state index contributed by atoms with van der Waals surface area (Å²) in [6.07, 6.45) is 0. The van der Waals surface area contributed by atoms with Gasteiger partial charge in [-0.25, -0.2) is 0 Å². The Morgan fingerprint density at radius 2 is 0.512 bits per heavy atom. The predicted molar refractivity (Wildman–Crippen MR) is 357 cm³/mol. The smallest absolute Gasteiger partial charge is 0.0581 e. The lowest BCUT2D eigenvalue weighted by Gasteiger charge is -2.43. The SMILES string of the molecule is CC1(C)c2ccccc2N(c2ccccc2)c2c(-c3cccc4c(-c5c6cccc(-c7ccccc7)c6cc6c(-c7ccccc7)cccc56)c5cccc(-c6cccc7c6N(c6ccccc6)c6ccccc6C7(C)C)c5cc34)cccc21. The summed E-state index contributed by atoms with van der Waals surface area (Å²) in [7, 11) is 0. The highest BCUT2D eigenvalue weighted by atomic mass is 15.2. The molecule has 2 aliphatic heterocycles. The van der Waals surface area contributed by atoms with E-state index in [9.17, 15) is 0 Å². The van der Waals surface area contributed by atoms with Crippen molar-refractivity contribution < 1.29 is 0 Å². The summed E-state index contributed by atoms with van der Waals surface area (Å²) in [4.78, 5) is 5.06. The summed E-state index contributed by atoms with van der Waals surface area (Å²) in [6, 6.07) is 109. The number of hydrogen-bond donors (Lipinski definition) is 0. The average Bonchev–Trinajstić information content (AvgIpc) is 0.843. The van der Waals surface area contributed by atoms with Gasteiger partial charge in [-0.05, 0) is 158 Å². The maximum atomic E-state index is 2.55. The van der Waals surface area contributed by atoms with E-state index in [0.717, 1.165) is 11.4 Å². The van der Waals surface area contributed by atoms with Crippen molar-refractivity contribution in [3.8, 4) is 55.6 Å². The first-order valence-corrected chi connectivity index (χ1v) is 29.5. The van der Waals surface area contributed by atoms with Crippen LogP contribution < -0.4 is 9.80 Å². The van der Waals surface area contributed by atoms with Crippen molar-refractivity contribution in [3.05, 3.63) is 313 Å². The highest BCUT2D eigenvalue weighted by molar-refractivity contribution is 6.28. The van der Waals surface area contributed by atoms with Gasteiger partial charge in [0.25, 0.3) is 0 Å². The number of rotatable bonds is 7. The van der Waals surface area contributed by atoms with Crippen LogP contribution in [0.4, 0.5) is 34.1 Å². The largest absolute Gasteiger partial charge is 0.309 e. The van der Waals surface area contributed by atoms with E-state index >= 15 is 0 Å². The first kappa shape index (κ1) is 49.5. The first-order chi connectivity index (χ1) is 41.3. The summed E-state index contributed by atoms with van der Waals surface area (Å²) < 4.78 is 0. The molecule has 14 aromatic rings. The molecular weight excluding hydrogens is 1010 g/mol. The molecule has 2 aliphatic rings. The van der Waals surface area contributed by atoms with Crippen molar-refractivity contribution in [3.63, 3.8) is 0 Å². The second-order valence-electron chi connectivity index (χ2n) is 23.9. The fourth-order valence-electron chi connectivity index (χ4n) is 14.7. The highest BCUT2D eigenvalue weighted by Gasteiger charge is 2.40. The van der Waals surface area contributed by atoms with E-state index in [1.165, 1.54) is 144 Å². The minimum atomic E-state index is -0.291. The molecule has 0 saturated heterocycles. The molecule has 2 heteroatoms. The molecule has 2 heterocycles. The lowest BCUT2D eigenvalue weighted by atomic mass is 9.72. The molecule has 2 nitrogen and oxygen atoms in total. The molecule has 0 amide bonds. The summed E-state index contributed by atoms with van der Waals surface area (Å²) >= 11 is 0. The van der Waals surface area contributed by atoms with Crippen LogP contribution in [-0.2, 0) is 10.8 Å². The number of fused-ring (bicyclic) bond motifs is 8. The normalized spacial score (nSPS) is 13.9. The molecule has 398 valence electrons. The van der Waals surface area contributed by atoms with Gasteiger partial charge in [-0.2, -0.15) is 0 Å². The van der Waals surface area contributed by atoms with Crippen LogP contribution in [0.15, 0.2) is 291 Å². The van der Waals surface area contributed by atoms with E-state index in [4.69, 9.17) is 0 Å². The van der Waals surface area contributed by atoms with Crippen molar-refractivity contribution >= 4 is 77.2 Å². The Kier molecular flexibility index (Phi) is 11.3. The van der Waals surface area contributed by atoms with Crippen LogP contribution >= 0.6 is 0 Å². The molecule has 0 saturated carbocycles. The molecule has 84 heavy (non-hydrogen) atoms. The maximum absolute atomic E-state index is 2.55. The van der Waals surface area contributed by atoms with Gasteiger partial charge in [0.1, 0.15) is 0 Å².